The third-order valence-corrected chi connectivity index (χ3v) is 7.45. The van der Waals surface area contributed by atoms with Gasteiger partial charge in [0.2, 0.25) is 11.1 Å². The predicted octanol–water partition coefficient (Wildman–Crippen LogP) is 4.45. The molecule has 3 aromatic rings. The number of aromatic nitrogens is 3. The highest BCUT2D eigenvalue weighted by molar-refractivity contribution is 7.98. The van der Waals surface area contributed by atoms with Gasteiger partial charge in [0.25, 0.3) is 5.69 Å². The van der Waals surface area contributed by atoms with E-state index in [1.54, 1.807) is 17.0 Å². The number of benzene rings is 2. The van der Waals surface area contributed by atoms with Gasteiger partial charge in [0.05, 0.1) is 17.1 Å². The summed E-state index contributed by atoms with van der Waals surface area (Å²) in [5.41, 5.74) is 2.57. The highest BCUT2D eigenvalue weighted by atomic mass is 32.2. The summed E-state index contributed by atoms with van der Waals surface area (Å²) in [5.74, 6) is 0.774. The number of carbonyl (C=O) groups excluding carboxylic acids is 1. The molecule has 2 heterocycles. The Labute approximate surface area is 220 Å². The summed E-state index contributed by atoms with van der Waals surface area (Å²) in [6.07, 6.45) is 4.83. The number of nitro benzene ring substituents is 1. The molecule has 1 aliphatic heterocycles. The van der Waals surface area contributed by atoms with Crippen molar-refractivity contribution >= 4 is 35.3 Å². The molecule has 10 nitrogen and oxygen atoms in total. The summed E-state index contributed by atoms with van der Waals surface area (Å²) in [4.78, 5) is 28.1. The molecule has 0 spiro atoms. The summed E-state index contributed by atoms with van der Waals surface area (Å²) < 4.78 is 1.57. The fraction of sp³-hybridized carbons (Fsp3) is 0.385. The van der Waals surface area contributed by atoms with Gasteiger partial charge in [0.15, 0.2) is 0 Å². The van der Waals surface area contributed by atoms with E-state index in [4.69, 9.17) is 0 Å². The first kappa shape index (κ1) is 26.3. The maximum Gasteiger partial charge on any atom is 0.270 e. The minimum Gasteiger partial charge on any atom is -0.370 e. The van der Waals surface area contributed by atoms with E-state index < -0.39 is 4.92 Å². The van der Waals surface area contributed by atoms with Gasteiger partial charge in [-0.3, -0.25) is 14.9 Å². The molecule has 1 atom stereocenters. The molecular formula is C26H31N7O3S. The zero-order valence-electron chi connectivity index (χ0n) is 21.1. The van der Waals surface area contributed by atoms with Crippen LogP contribution in [-0.4, -0.2) is 63.0 Å². The summed E-state index contributed by atoms with van der Waals surface area (Å²) in [6, 6.07) is 14.8. The fourth-order valence-electron chi connectivity index (χ4n) is 4.48. The van der Waals surface area contributed by atoms with Crippen LogP contribution in [0.5, 0.6) is 0 Å². The minimum atomic E-state index is -0.413. The number of anilines is 1. The number of piperidine rings is 1. The Hall–Kier alpha value is -3.73. The van der Waals surface area contributed by atoms with Crippen molar-refractivity contribution in [3.05, 3.63) is 76.1 Å². The molecular weight excluding hydrogens is 490 g/mol. The quantitative estimate of drug-likeness (QED) is 0.168. The fourth-order valence-corrected chi connectivity index (χ4v) is 5.30. The van der Waals surface area contributed by atoms with Crippen LogP contribution in [0.1, 0.15) is 37.8 Å². The SMILES string of the molecule is CCN(CC)C(=O)[C@H]1CCCN(c2ccc([N+](=O)[O-])cc2/C=N\n2cnnc2SCc2ccccc2)C1. The molecule has 1 aromatic heterocycles. The molecule has 0 saturated carbocycles. The second-order valence-electron chi connectivity index (χ2n) is 8.77. The molecule has 1 saturated heterocycles. The molecule has 1 aliphatic rings. The van der Waals surface area contributed by atoms with Gasteiger partial charge in [-0.1, -0.05) is 42.1 Å². The Bertz CT molecular complexity index is 1240. The Kier molecular flexibility index (Phi) is 8.89. The highest BCUT2D eigenvalue weighted by Gasteiger charge is 2.29. The normalized spacial score (nSPS) is 15.7. The zero-order chi connectivity index (χ0) is 26.2. The van der Waals surface area contributed by atoms with Crippen molar-refractivity contribution in [2.75, 3.05) is 31.1 Å². The van der Waals surface area contributed by atoms with Gasteiger partial charge in [-0.25, -0.2) is 0 Å². The summed E-state index contributed by atoms with van der Waals surface area (Å²) in [7, 11) is 0. The molecule has 0 aliphatic carbocycles. The largest absolute Gasteiger partial charge is 0.370 e. The number of non-ortho nitro benzene ring substituents is 1. The second-order valence-corrected chi connectivity index (χ2v) is 9.72. The summed E-state index contributed by atoms with van der Waals surface area (Å²) in [6.45, 7) is 6.69. The van der Waals surface area contributed by atoms with Crippen LogP contribution in [0.4, 0.5) is 11.4 Å². The van der Waals surface area contributed by atoms with Crippen LogP contribution in [0, 0.1) is 16.0 Å². The third-order valence-electron chi connectivity index (χ3n) is 6.44. The van der Waals surface area contributed by atoms with Crippen molar-refractivity contribution in [2.45, 2.75) is 37.6 Å². The van der Waals surface area contributed by atoms with E-state index in [0.717, 1.165) is 30.6 Å². The lowest BCUT2D eigenvalue weighted by atomic mass is 9.95. The van der Waals surface area contributed by atoms with Crippen LogP contribution in [0.2, 0.25) is 0 Å². The number of rotatable bonds is 10. The van der Waals surface area contributed by atoms with Crippen LogP contribution in [0.3, 0.4) is 0 Å². The molecule has 37 heavy (non-hydrogen) atoms. The van der Waals surface area contributed by atoms with E-state index in [1.165, 1.54) is 30.2 Å². The van der Waals surface area contributed by atoms with Crippen LogP contribution in [-0.2, 0) is 10.5 Å². The summed E-state index contributed by atoms with van der Waals surface area (Å²) in [5, 5.41) is 24.8. The number of hydrogen-bond acceptors (Lipinski definition) is 8. The number of amides is 1. The van der Waals surface area contributed by atoms with Gasteiger partial charge in [-0.05, 0) is 38.3 Å². The second kappa shape index (κ2) is 12.5. The van der Waals surface area contributed by atoms with E-state index in [2.05, 4.69) is 20.2 Å². The Morgan fingerprint density at radius 3 is 2.76 bits per heavy atom. The Balaban J connectivity index is 1.56. The van der Waals surface area contributed by atoms with Crippen molar-refractivity contribution in [3.63, 3.8) is 0 Å². The van der Waals surface area contributed by atoms with Gasteiger partial charge in [-0.15, -0.1) is 10.2 Å². The monoisotopic (exact) mass is 521 g/mol. The standard InChI is InChI=1S/C26H31N7O3S/c1-3-30(4-2)25(34)21-11-8-14-31(17-21)24-13-12-23(33(35)36)15-22(24)16-28-32-19-27-29-26(32)37-18-20-9-6-5-7-10-20/h5-7,9-10,12-13,15-16,19,21H,3-4,8,11,14,17-18H2,1-2H3/b28-16-/t21-/m0/s1. The maximum absolute atomic E-state index is 13.0. The van der Waals surface area contributed by atoms with E-state index in [9.17, 15) is 14.9 Å². The molecule has 0 unspecified atom stereocenters. The summed E-state index contributed by atoms with van der Waals surface area (Å²) >= 11 is 1.51. The molecule has 1 fully saturated rings. The topological polar surface area (TPSA) is 110 Å². The van der Waals surface area contributed by atoms with Gasteiger partial charge < -0.3 is 9.80 Å². The first-order chi connectivity index (χ1) is 18.0. The van der Waals surface area contributed by atoms with Crippen molar-refractivity contribution in [2.24, 2.45) is 11.0 Å². The molecule has 1 amide bonds. The number of nitro groups is 1. The number of carbonyl (C=O) groups is 1. The smallest absolute Gasteiger partial charge is 0.270 e. The number of nitrogens with zero attached hydrogens (tertiary/aromatic N) is 7. The van der Waals surface area contributed by atoms with E-state index in [1.807, 2.05) is 49.1 Å². The maximum atomic E-state index is 13.0. The molecule has 4 rings (SSSR count). The Morgan fingerprint density at radius 2 is 2.03 bits per heavy atom. The molecule has 0 N–H and O–H groups in total. The molecule has 2 aromatic carbocycles. The van der Waals surface area contributed by atoms with E-state index >= 15 is 0 Å². The third kappa shape index (κ3) is 6.53. The van der Waals surface area contributed by atoms with Crippen molar-refractivity contribution in [1.82, 2.24) is 19.8 Å². The van der Waals surface area contributed by atoms with Crippen LogP contribution in [0.25, 0.3) is 0 Å². The molecule has 0 radical (unpaired) electrons. The van der Waals surface area contributed by atoms with E-state index in [0.29, 0.717) is 36.1 Å². The lowest BCUT2D eigenvalue weighted by Gasteiger charge is -2.36. The lowest BCUT2D eigenvalue weighted by molar-refractivity contribution is -0.384. The van der Waals surface area contributed by atoms with Crippen molar-refractivity contribution < 1.29 is 9.72 Å². The lowest BCUT2D eigenvalue weighted by Crippen LogP contribution is -2.45. The average Bonchev–Trinajstić information content (AvgIpc) is 3.39. The van der Waals surface area contributed by atoms with Gasteiger partial charge in [-0.2, -0.15) is 9.78 Å². The van der Waals surface area contributed by atoms with Crippen LogP contribution >= 0.6 is 11.8 Å². The number of hydrogen-bond donors (Lipinski definition) is 0. The molecule has 0 bridgehead atoms. The van der Waals surface area contributed by atoms with Crippen molar-refractivity contribution in [3.8, 4) is 0 Å². The molecule has 11 heteroatoms. The highest BCUT2D eigenvalue weighted by Crippen LogP contribution is 2.30. The first-order valence-electron chi connectivity index (χ1n) is 12.4. The molecule has 194 valence electrons. The average molecular weight is 522 g/mol. The van der Waals surface area contributed by atoms with Gasteiger partial charge >= 0.3 is 0 Å². The van der Waals surface area contributed by atoms with Crippen LogP contribution in [0.15, 0.2) is 65.1 Å². The minimum absolute atomic E-state index is 0.0135. The van der Waals surface area contributed by atoms with Gasteiger partial charge in [0.1, 0.15) is 6.33 Å². The van der Waals surface area contributed by atoms with Crippen molar-refractivity contribution in [1.29, 1.82) is 0 Å². The predicted molar refractivity (Wildman–Crippen MR) is 145 cm³/mol. The number of thioether (sulfide) groups is 1. The van der Waals surface area contributed by atoms with E-state index in [-0.39, 0.29) is 17.5 Å². The Morgan fingerprint density at radius 1 is 1.24 bits per heavy atom. The first-order valence-corrected chi connectivity index (χ1v) is 13.4. The van der Waals surface area contributed by atoms with Crippen LogP contribution < -0.4 is 4.90 Å². The van der Waals surface area contributed by atoms with Gasteiger partial charge in [0, 0.05) is 55.3 Å². The zero-order valence-corrected chi connectivity index (χ0v) is 21.9.